The van der Waals surface area contributed by atoms with Gasteiger partial charge < -0.3 is 10.6 Å². The maximum atomic E-state index is 12.4. The zero-order valence-corrected chi connectivity index (χ0v) is 12.2. The Morgan fingerprint density at radius 1 is 1.42 bits per heavy atom. The fourth-order valence-electron chi connectivity index (χ4n) is 2.36. The first kappa shape index (κ1) is 14.4. The summed E-state index contributed by atoms with van der Waals surface area (Å²) in [5.74, 6) is 0. The summed E-state index contributed by atoms with van der Waals surface area (Å²) in [4.78, 5) is 2.17. The maximum Gasteiger partial charge on any atom is 0.258 e. The first-order valence-electron chi connectivity index (χ1n) is 6.29. The van der Waals surface area contributed by atoms with Crippen LogP contribution in [-0.4, -0.2) is 55.3 Å². The topological polar surface area (TPSA) is 93.2 Å². The molecule has 0 radical (unpaired) electrons. The smallest absolute Gasteiger partial charge is 0.258 e. The van der Waals surface area contributed by atoms with Gasteiger partial charge in [0.2, 0.25) is 0 Å². The molecule has 19 heavy (non-hydrogen) atoms. The van der Waals surface area contributed by atoms with Crippen molar-refractivity contribution < 1.29 is 8.42 Å². The molecule has 0 unspecified atom stereocenters. The van der Waals surface area contributed by atoms with Gasteiger partial charge in [0.05, 0.1) is 6.20 Å². The number of nitrogens with zero attached hydrogens (tertiary/aromatic N) is 3. The second-order valence-corrected chi connectivity index (χ2v) is 6.82. The predicted octanol–water partition coefficient (Wildman–Crippen LogP) is -0.878. The van der Waals surface area contributed by atoms with E-state index in [9.17, 15) is 8.42 Å². The summed E-state index contributed by atoms with van der Waals surface area (Å²) >= 11 is 0. The average molecular weight is 287 g/mol. The van der Waals surface area contributed by atoms with E-state index in [1.54, 1.807) is 7.05 Å². The molecular weight excluding hydrogens is 266 g/mol. The van der Waals surface area contributed by atoms with E-state index < -0.39 is 15.6 Å². The summed E-state index contributed by atoms with van der Waals surface area (Å²) in [6.07, 6.45) is 2.91. The Balaban J connectivity index is 2.21. The molecule has 1 aliphatic heterocycles. The van der Waals surface area contributed by atoms with Crippen LogP contribution in [0.2, 0.25) is 0 Å². The first-order chi connectivity index (χ1) is 8.88. The van der Waals surface area contributed by atoms with Gasteiger partial charge in [0.15, 0.2) is 5.03 Å². The molecule has 2 rings (SSSR count). The SMILES string of the molecule is CN1CCC(CN)(NS(=O)(=O)c2ccnn2C)CC1. The van der Waals surface area contributed by atoms with Gasteiger partial charge in [-0.2, -0.15) is 5.10 Å². The third-order valence-electron chi connectivity index (χ3n) is 3.74. The highest BCUT2D eigenvalue weighted by Crippen LogP contribution is 2.23. The lowest BCUT2D eigenvalue weighted by atomic mass is 9.89. The second kappa shape index (κ2) is 5.20. The Morgan fingerprint density at radius 2 is 2.05 bits per heavy atom. The Labute approximate surface area is 113 Å². The van der Waals surface area contributed by atoms with Crippen molar-refractivity contribution in [1.82, 2.24) is 19.4 Å². The fourth-order valence-corrected chi connectivity index (χ4v) is 3.95. The largest absolute Gasteiger partial charge is 0.329 e. The molecule has 0 spiro atoms. The van der Waals surface area contributed by atoms with Crippen LogP contribution >= 0.6 is 0 Å². The van der Waals surface area contributed by atoms with Crippen molar-refractivity contribution in [3.05, 3.63) is 12.3 Å². The molecule has 0 amide bonds. The normalized spacial score (nSPS) is 20.6. The van der Waals surface area contributed by atoms with Gasteiger partial charge in [0.1, 0.15) is 0 Å². The minimum absolute atomic E-state index is 0.166. The molecule has 0 aromatic carbocycles. The molecule has 0 saturated carbocycles. The van der Waals surface area contributed by atoms with E-state index in [4.69, 9.17) is 5.73 Å². The van der Waals surface area contributed by atoms with Crippen LogP contribution in [0.3, 0.4) is 0 Å². The standard InChI is InChI=1S/C11H21N5O2S/c1-15-7-4-11(9-12,5-8-15)14-19(17,18)10-3-6-13-16(10)2/h3,6,14H,4-5,7-9,12H2,1-2H3. The molecular formula is C11H21N5O2S. The van der Waals surface area contributed by atoms with Crippen molar-refractivity contribution in [2.75, 3.05) is 26.7 Å². The van der Waals surface area contributed by atoms with E-state index in [-0.39, 0.29) is 5.03 Å². The molecule has 1 fully saturated rings. The predicted molar refractivity (Wildman–Crippen MR) is 72.0 cm³/mol. The molecule has 0 aliphatic carbocycles. The zero-order chi connectivity index (χ0) is 14.1. The summed E-state index contributed by atoms with van der Waals surface area (Å²) in [6, 6.07) is 1.49. The molecule has 1 saturated heterocycles. The summed E-state index contributed by atoms with van der Waals surface area (Å²) in [6.45, 7) is 1.98. The van der Waals surface area contributed by atoms with Crippen LogP contribution in [0.15, 0.2) is 17.3 Å². The lowest BCUT2D eigenvalue weighted by Crippen LogP contribution is -2.58. The molecule has 3 N–H and O–H groups in total. The maximum absolute atomic E-state index is 12.4. The Kier molecular flexibility index (Phi) is 3.95. The van der Waals surface area contributed by atoms with Gasteiger partial charge in [-0.05, 0) is 39.0 Å². The van der Waals surface area contributed by atoms with Crippen molar-refractivity contribution in [2.24, 2.45) is 12.8 Å². The Hall–Kier alpha value is -0.960. The number of nitrogens with two attached hydrogens (primary N) is 1. The lowest BCUT2D eigenvalue weighted by Gasteiger charge is -2.40. The number of rotatable bonds is 4. The van der Waals surface area contributed by atoms with E-state index >= 15 is 0 Å². The molecule has 1 aliphatic rings. The van der Waals surface area contributed by atoms with Gasteiger partial charge in [-0.15, -0.1) is 0 Å². The number of nitrogens with one attached hydrogen (secondary N) is 1. The van der Waals surface area contributed by atoms with Gasteiger partial charge in [-0.1, -0.05) is 0 Å². The van der Waals surface area contributed by atoms with Crippen LogP contribution < -0.4 is 10.5 Å². The molecule has 0 atom stereocenters. The highest BCUT2D eigenvalue weighted by molar-refractivity contribution is 7.89. The van der Waals surface area contributed by atoms with Crippen molar-refractivity contribution >= 4 is 10.0 Å². The zero-order valence-electron chi connectivity index (χ0n) is 11.3. The molecule has 8 heteroatoms. The average Bonchev–Trinajstić information content (AvgIpc) is 2.79. The number of sulfonamides is 1. The number of hydrogen-bond acceptors (Lipinski definition) is 5. The van der Waals surface area contributed by atoms with Crippen molar-refractivity contribution in [1.29, 1.82) is 0 Å². The number of likely N-dealkylation sites (tertiary alicyclic amines) is 1. The van der Waals surface area contributed by atoms with Crippen LogP contribution in [-0.2, 0) is 17.1 Å². The minimum atomic E-state index is -3.58. The van der Waals surface area contributed by atoms with Crippen LogP contribution in [0.1, 0.15) is 12.8 Å². The molecule has 1 aromatic heterocycles. The van der Waals surface area contributed by atoms with Crippen LogP contribution in [0.4, 0.5) is 0 Å². The van der Waals surface area contributed by atoms with Crippen molar-refractivity contribution in [3.8, 4) is 0 Å². The number of piperidine rings is 1. The number of aryl methyl sites for hydroxylation is 1. The highest BCUT2D eigenvalue weighted by atomic mass is 32.2. The third kappa shape index (κ3) is 2.97. The van der Waals surface area contributed by atoms with Gasteiger partial charge in [0.25, 0.3) is 10.0 Å². The lowest BCUT2D eigenvalue weighted by molar-refractivity contribution is 0.182. The van der Waals surface area contributed by atoms with E-state index in [1.165, 1.54) is 16.9 Å². The van der Waals surface area contributed by atoms with Crippen LogP contribution in [0.5, 0.6) is 0 Å². The summed E-state index contributed by atoms with van der Waals surface area (Å²) in [5.41, 5.74) is 5.27. The van der Waals surface area contributed by atoms with Crippen LogP contribution in [0, 0.1) is 0 Å². The fraction of sp³-hybridized carbons (Fsp3) is 0.727. The monoisotopic (exact) mass is 287 g/mol. The van der Waals surface area contributed by atoms with E-state index in [1.807, 2.05) is 7.05 Å². The van der Waals surface area contributed by atoms with Gasteiger partial charge in [-0.3, -0.25) is 4.68 Å². The van der Waals surface area contributed by atoms with E-state index in [0.717, 1.165) is 25.9 Å². The molecule has 0 bridgehead atoms. The molecule has 1 aromatic rings. The first-order valence-corrected chi connectivity index (χ1v) is 7.77. The molecule has 108 valence electrons. The quantitative estimate of drug-likeness (QED) is 0.750. The summed E-state index contributed by atoms with van der Waals surface area (Å²) < 4.78 is 28.9. The minimum Gasteiger partial charge on any atom is -0.329 e. The second-order valence-electron chi connectivity index (χ2n) is 5.19. The third-order valence-corrected chi connectivity index (χ3v) is 5.39. The number of hydrogen-bond donors (Lipinski definition) is 2. The Bertz CT molecular complexity index is 531. The van der Waals surface area contributed by atoms with Crippen molar-refractivity contribution in [3.63, 3.8) is 0 Å². The number of aromatic nitrogens is 2. The highest BCUT2D eigenvalue weighted by Gasteiger charge is 2.37. The van der Waals surface area contributed by atoms with Gasteiger partial charge >= 0.3 is 0 Å². The summed E-state index contributed by atoms with van der Waals surface area (Å²) in [7, 11) is 0.0500. The van der Waals surface area contributed by atoms with Crippen LogP contribution in [0.25, 0.3) is 0 Å². The van der Waals surface area contributed by atoms with E-state index in [2.05, 4.69) is 14.7 Å². The van der Waals surface area contributed by atoms with Gasteiger partial charge in [0, 0.05) is 19.1 Å². The summed E-state index contributed by atoms with van der Waals surface area (Å²) in [5, 5.41) is 4.06. The van der Waals surface area contributed by atoms with Gasteiger partial charge in [-0.25, -0.2) is 13.1 Å². The molecule has 2 heterocycles. The Morgan fingerprint density at radius 3 is 2.53 bits per heavy atom. The van der Waals surface area contributed by atoms with Crippen molar-refractivity contribution in [2.45, 2.75) is 23.4 Å². The molecule has 7 nitrogen and oxygen atoms in total. The van der Waals surface area contributed by atoms with E-state index in [0.29, 0.717) is 6.54 Å².